The van der Waals surface area contributed by atoms with Crippen molar-refractivity contribution in [2.24, 2.45) is 0 Å². The van der Waals surface area contributed by atoms with E-state index >= 15 is 0 Å². The highest BCUT2D eigenvalue weighted by molar-refractivity contribution is 6.30. The van der Waals surface area contributed by atoms with Crippen molar-refractivity contribution in [1.82, 2.24) is 30.2 Å². The molecule has 2 heterocycles. The van der Waals surface area contributed by atoms with Gasteiger partial charge in [-0.05, 0) is 21.9 Å². The zero-order chi connectivity index (χ0) is 21.3. The van der Waals surface area contributed by atoms with Crippen molar-refractivity contribution in [3.63, 3.8) is 0 Å². The standard InChI is InChI=1S/C22H23ClN6O/c1-22(2,3)21-24-19(23)18(13-30)29(21)12-14-8-10-15(11-9-14)16-6-4-5-7-17(16)20-25-27-28-26-20/h4-11,30H,12-13H2,1-3H3,(H,25,26,27,28). The molecule has 4 rings (SSSR count). The molecule has 2 aromatic carbocycles. The van der Waals surface area contributed by atoms with Gasteiger partial charge in [-0.25, -0.2) is 4.98 Å². The number of nitrogens with one attached hydrogen (secondary N) is 1. The molecule has 30 heavy (non-hydrogen) atoms. The van der Waals surface area contributed by atoms with Gasteiger partial charge in [0.1, 0.15) is 5.82 Å². The number of aliphatic hydroxyl groups excluding tert-OH is 1. The molecule has 0 unspecified atom stereocenters. The van der Waals surface area contributed by atoms with Crippen LogP contribution in [0.1, 0.15) is 37.9 Å². The molecule has 0 bridgehead atoms. The van der Waals surface area contributed by atoms with Crippen molar-refractivity contribution >= 4 is 11.6 Å². The number of aromatic amines is 1. The molecule has 4 aromatic rings. The molecule has 2 N–H and O–H groups in total. The van der Waals surface area contributed by atoms with E-state index in [1.807, 2.05) is 28.8 Å². The minimum atomic E-state index is -0.194. The van der Waals surface area contributed by atoms with Crippen LogP contribution in [-0.2, 0) is 18.6 Å². The van der Waals surface area contributed by atoms with E-state index in [4.69, 9.17) is 11.6 Å². The number of aromatic nitrogens is 6. The van der Waals surface area contributed by atoms with E-state index in [2.05, 4.69) is 70.6 Å². The fourth-order valence-electron chi connectivity index (χ4n) is 3.53. The van der Waals surface area contributed by atoms with Crippen molar-refractivity contribution in [3.8, 4) is 22.5 Å². The predicted molar refractivity (Wildman–Crippen MR) is 116 cm³/mol. The van der Waals surface area contributed by atoms with Crippen molar-refractivity contribution in [1.29, 1.82) is 0 Å². The quantitative estimate of drug-likeness (QED) is 0.502. The van der Waals surface area contributed by atoms with Gasteiger partial charge in [-0.2, -0.15) is 5.21 Å². The lowest BCUT2D eigenvalue weighted by Crippen LogP contribution is -2.20. The summed E-state index contributed by atoms with van der Waals surface area (Å²) >= 11 is 6.28. The Hall–Kier alpha value is -3.03. The topological polar surface area (TPSA) is 92.5 Å². The normalized spacial score (nSPS) is 11.8. The van der Waals surface area contributed by atoms with E-state index in [1.54, 1.807) is 0 Å². The summed E-state index contributed by atoms with van der Waals surface area (Å²) in [5, 5.41) is 24.5. The molecule has 0 aliphatic carbocycles. The SMILES string of the molecule is CC(C)(C)c1nc(Cl)c(CO)n1Cc1ccc(-c2ccccc2-c2nn[nH]n2)cc1. The maximum Gasteiger partial charge on any atom is 0.205 e. The Bertz CT molecular complexity index is 1140. The van der Waals surface area contributed by atoms with Crippen LogP contribution in [-0.4, -0.2) is 35.3 Å². The molecule has 0 atom stereocenters. The van der Waals surface area contributed by atoms with Crippen LogP contribution in [0.2, 0.25) is 5.15 Å². The molecule has 0 fully saturated rings. The van der Waals surface area contributed by atoms with Crippen molar-refractivity contribution < 1.29 is 5.11 Å². The molecule has 2 aromatic heterocycles. The smallest absolute Gasteiger partial charge is 0.205 e. The highest BCUT2D eigenvalue weighted by atomic mass is 35.5. The van der Waals surface area contributed by atoms with Crippen molar-refractivity contribution in [3.05, 3.63) is 70.8 Å². The van der Waals surface area contributed by atoms with E-state index in [1.165, 1.54) is 0 Å². The van der Waals surface area contributed by atoms with Crippen LogP contribution >= 0.6 is 11.6 Å². The Labute approximate surface area is 179 Å². The number of H-pyrrole nitrogens is 1. The van der Waals surface area contributed by atoms with E-state index < -0.39 is 0 Å². The zero-order valence-corrected chi connectivity index (χ0v) is 17.9. The van der Waals surface area contributed by atoms with Crippen LogP contribution in [0, 0.1) is 0 Å². The van der Waals surface area contributed by atoms with Crippen LogP contribution in [0.5, 0.6) is 0 Å². The second-order valence-electron chi connectivity index (χ2n) is 8.15. The minimum Gasteiger partial charge on any atom is -0.390 e. The highest BCUT2D eigenvalue weighted by Crippen LogP contribution is 2.31. The summed E-state index contributed by atoms with van der Waals surface area (Å²) < 4.78 is 2.00. The van der Waals surface area contributed by atoms with Gasteiger partial charge < -0.3 is 9.67 Å². The zero-order valence-electron chi connectivity index (χ0n) is 17.1. The fourth-order valence-corrected chi connectivity index (χ4v) is 3.77. The van der Waals surface area contributed by atoms with Gasteiger partial charge in [-0.3, -0.25) is 0 Å². The van der Waals surface area contributed by atoms with Gasteiger partial charge in [-0.1, -0.05) is 80.9 Å². The van der Waals surface area contributed by atoms with Crippen LogP contribution in [0.15, 0.2) is 48.5 Å². The Morgan fingerprint density at radius 3 is 2.33 bits per heavy atom. The molecular weight excluding hydrogens is 400 g/mol. The predicted octanol–water partition coefficient (Wildman–Crippen LogP) is 4.22. The van der Waals surface area contributed by atoms with Crippen molar-refractivity contribution in [2.75, 3.05) is 0 Å². The lowest BCUT2D eigenvalue weighted by Gasteiger charge is -2.21. The van der Waals surface area contributed by atoms with Gasteiger partial charge in [0.15, 0.2) is 5.15 Å². The van der Waals surface area contributed by atoms with Gasteiger partial charge in [0.05, 0.1) is 12.3 Å². The van der Waals surface area contributed by atoms with Gasteiger partial charge in [0, 0.05) is 17.5 Å². The monoisotopic (exact) mass is 422 g/mol. The fraction of sp³-hybridized carbons (Fsp3) is 0.273. The lowest BCUT2D eigenvalue weighted by molar-refractivity contribution is 0.270. The first-order valence-corrected chi connectivity index (χ1v) is 10.0. The Balaban J connectivity index is 1.67. The van der Waals surface area contributed by atoms with Gasteiger partial charge in [0.2, 0.25) is 5.82 Å². The van der Waals surface area contributed by atoms with Crippen molar-refractivity contribution in [2.45, 2.75) is 39.3 Å². The van der Waals surface area contributed by atoms with E-state index in [9.17, 15) is 5.11 Å². The molecule has 154 valence electrons. The summed E-state index contributed by atoms with van der Waals surface area (Å²) in [6.45, 7) is 6.68. The lowest BCUT2D eigenvalue weighted by atomic mass is 9.95. The first-order chi connectivity index (χ1) is 14.4. The molecule has 0 aliphatic heterocycles. The Morgan fingerprint density at radius 2 is 1.73 bits per heavy atom. The molecule has 7 nitrogen and oxygen atoms in total. The van der Waals surface area contributed by atoms with Crippen LogP contribution in [0.25, 0.3) is 22.5 Å². The number of rotatable bonds is 5. The summed E-state index contributed by atoms with van der Waals surface area (Å²) in [4.78, 5) is 4.50. The number of tetrazole rings is 1. The van der Waals surface area contributed by atoms with Gasteiger partial charge >= 0.3 is 0 Å². The van der Waals surface area contributed by atoms with E-state index in [0.717, 1.165) is 28.1 Å². The number of hydrogen-bond donors (Lipinski definition) is 2. The number of nitrogens with zero attached hydrogens (tertiary/aromatic N) is 5. The molecular formula is C22H23ClN6O. The van der Waals surface area contributed by atoms with Gasteiger partial charge in [-0.15, -0.1) is 10.2 Å². The molecule has 0 saturated carbocycles. The summed E-state index contributed by atoms with van der Waals surface area (Å²) in [6.07, 6.45) is 0. The minimum absolute atomic E-state index is 0.155. The highest BCUT2D eigenvalue weighted by Gasteiger charge is 2.25. The average Bonchev–Trinajstić information content (AvgIpc) is 3.36. The first-order valence-electron chi connectivity index (χ1n) is 9.67. The van der Waals surface area contributed by atoms with Crippen LogP contribution in [0.3, 0.4) is 0 Å². The molecule has 0 saturated heterocycles. The molecule has 8 heteroatoms. The maximum absolute atomic E-state index is 9.81. The Morgan fingerprint density at radius 1 is 1.03 bits per heavy atom. The number of hydrogen-bond acceptors (Lipinski definition) is 5. The third-order valence-electron chi connectivity index (χ3n) is 4.96. The number of benzene rings is 2. The summed E-state index contributed by atoms with van der Waals surface area (Å²) in [5.74, 6) is 1.41. The average molecular weight is 423 g/mol. The largest absolute Gasteiger partial charge is 0.390 e. The van der Waals surface area contributed by atoms with Crippen LogP contribution in [0.4, 0.5) is 0 Å². The third kappa shape index (κ3) is 3.86. The van der Waals surface area contributed by atoms with Crippen LogP contribution < -0.4 is 0 Å². The number of imidazole rings is 1. The molecule has 0 spiro atoms. The summed E-state index contributed by atoms with van der Waals surface area (Å²) in [5.41, 5.74) is 4.53. The van der Waals surface area contributed by atoms with E-state index in [0.29, 0.717) is 23.2 Å². The molecule has 0 aliphatic rings. The summed E-state index contributed by atoms with van der Waals surface area (Å²) in [6, 6.07) is 16.3. The number of halogens is 1. The molecule has 0 amide bonds. The summed E-state index contributed by atoms with van der Waals surface area (Å²) in [7, 11) is 0. The molecule has 0 radical (unpaired) electrons. The Kier molecular flexibility index (Phi) is 5.40. The van der Waals surface area contributed by atoms with E-state index in [-0.39, 0.29) is 12.0 Å². The third-order valence-corrected chi connectivity index (χ3v) is 5.27. The maximum atomic E-state index is 9.81. The van der Waals surface area contributed by atoms with Gasteiger partial charge in [0.25, 0.3) is 0 Å². The first kappa shape index (κ1) is 20.3. The second kappa shape index (κ2) is 8.01. The second-order valence-corrected chi connectivity index (χ2v) is 8.50. The number of aliphatic hydroxyl groups is 1.